The molecule has 1 N–H and O–H groups in total. The van der Waals surface area contributed by atoms with Crippen LogP contribution in [0.2, 0.25) is 0 Å². The van der Waals surface area contributed by atoms with E-state index in [-0.39, 0.29) is 11.1 Å². The van der Waals surface area contributed by atoms with Crippen molar-refractivity contribution in [1.82, 2.24) is 9.78 Å². The Hall–Kier alpha value is -2.60. The minimum absolute atomic E-state index is 0.126. The second kappa shape index (κ2) is 5.20. The molecule has 134 valence electrons. The number of nitrogens with zero attached hydrogens (tertiary/aromatic N) is 2. The van der Waals surface area contributed by atoms with Crippen molar-refractivity contribution in [3.63, 3.8) is 0 Å². The lowest BCUT2D eigenvalue weighted by molar-refractivity contribution is -0.246. The molecule has 0 amide bonds. The Balaban J connectivity index is 2.02. The van der Waals surface area contributed by atoms with E-state index in [4.69, 9.17) is 0 Å². The van der Waals surface area contributed by atoms with Crippen molar-refractivity contribution in [2.24, 2.45) is 7.05 Å². The van der Waals surface area contributed by atoms with Crippen molar-refractivity contribution in [3.05, 3.63) is 65.0 Å². The van der Waals surface area contributed by atoms with E-state index in [1.807, 2.05) is 13.8 Å². The van der Waals surface area contributed by atoms with E-state index < -0.39 is 11.8 Å². The first-order valence-corrected chi connectivity index (χ1v) is 8.20. The lowest BCUT2D eigenvalue weighted by Crippen LogP contribution is -2.41. The first kappa shape index (κ1) is 16.8. The Kier molecular flexibility index (Phi) is 3.37. The first-order valence-electron chi connectivity index (χ1n) is 8.20. The number of halogens is 3. The third-order valence-corrected chi connectivity index (χ3v) is 5.22. The summed E-state index contributed by atoms with van der Waals surface area (Å²) in [7, 11) is 1.79. The van der Waals surface area contributed by atoms with Crippen molar-refractivity contribution in [1.29, 1.82) is 0 Å². The number of hydrogen-bond donors (Lipinski definition) is 1. The van der Waals surface area contributed by atoms with Gasteiger partial charge >= 0.3 is 6.18 Å². The van der Waals surface area contributed by atoms with Gasteiger partial charge in [0.2, 0.25) is 5.60 Å². The molecule has 0 spiro atoms. The number of rotatable bonds is 1. The molecule has 1 atom stereocenters. The van der Waals surface area contributed by atoms with Gasteiger partial charge in [-0.3, -0.25) is 4.68 Å². The van der Waals surface area contributed by atoms with Gasteiger partial charge in [-0.05, 0) is 36.6 Å². The van der Waals surface area contributed by atoms with Crippen molar-refractivity contribution in [2.45, 2.75) is 25.6 Å². The average Bonchev–Trinajstić information content (AvgIpc) is 3.00. The fraction of sp³-hybridized carbons (Fsp3) is 0.250. The van der Waals surface area contributed by atoms with Crippen LogP contribution in [0.25, 0.3) is 22.3 Å². The number of alkyl halides is 3. The fourth-order valence-electron chi connectivity index (χ4n) is 3.91. The van der Waals surface area contributed by atoms with Gasteiger partial charge in [0.25, 0.3) is 0 Å². The summed E-state index contributed by atoms with van der Waals surface area (Å²) < 4.78 is 43.5. The maximum absolute atomic E-state index is 13.9. The van der Waals surface area contributed by atoms with E-state index in [0.29, 0.717) is 16.7 Å². The van der Waals surface area contributed by atoms with Crippen LogP contribution in [0.15, 0.2) is 42.5 Å². The predicted molar refractivity (Wildman–Crippen MR) is 92.6 cm³/mol. The molecule has 0 radical (unpaired) electrons. The zero-order valence-corrected chi connectivity index (χ0v) is 14.5. The number of aryl methyl sites for hydroxylation is 2. The molecule has 2 aromatic carbocycles. The highest BCUT2D eigenvalue weighted by Gasteiger charge is 2.60. The van der Waals surface area contributed by atoms with E-state index in [1.54, 1.807) is 36.0 Å². The monoisotopic (exact) mass is 358 g/mol. The Morgan fingerprint density at radius 2 is 1.65 bits per heavy atom. The molecule has 3 nitrogen and oxygen atoms in total. The third-order valence-electron chi connectivity index (χ3n) is 5.22. The fourth-order valence-corrected chi connectivity index (χ4v) is 3.91. The van der Waals surface area contributed by atoms with Crippen LogP contribution >= 0.6 is 0 Å². The molecule has 1 unspecified atom stereocenters. The summed E-state index contributed by atoms with van der Waals surface area (Å²) in [6.07, 6.45) is -4.83. The van der Waals surface area contributed by atoms with Crippen molar-refractivity contribution >= 4 is 0 Å². The van der Waals surface area contributed by atoms with Crippen LogP contribution in [-0.4, -0.2) is 21.1 Å². The summed E-state index contributed by atoms with van der Waals surface area (Å²) in [6, 6.07) is 11.0. The van der Waals surface area contributed by atoms with E-state index in [9.17, 15) is 18.3 Å². The molecule has 1 aliphatic carbocycles. The van der Waals surface area contributed by atoms with Gasteiger partial charge in [-0.2, -0.15) is 18.3 Å². The number of aromatic nitrogens is 2. The minimum atomic E-state index is -4.83. The summed E-state index contributed by atoms with van der Waals surface area (Å²) in [4.78, 5) is 0. The highest BCUT2D eigenvalue weighted by atomic mass is 19.4. The Morgan fingerprint density at radius 1 is 1.00 bits per heavy atom. The molecule has 26 heavy (non-hydrogen) atoms. The molecular weight excluding hydrogens is 341 g/mol. The summed E-state index contributed by atoms with van der Waals surface area (Å²) in [5.74, 6) is 0. The molecule has 0 bridgehead atoms. The van der Waals surface area contributed by atoms with Gasteiger partial charge in [-0.15, -0.1) is 0 Å². The zero-order valence-electron chi connectivity index (χ0n) is 14.5. The van der Waals surface area contributed by atoms with E-state index >= 15 is 0 Å². The maximum Gasteiger partial charge on any atom is 0.425 e. The van der Waals surface area contributed by atoms with Crippen molar-refractivity contribution in [2.75, 3.05) is 0 Å². The predicted octanol–water partition coefficient (Wildman–Crippen LogP) is 4.48. The standard InChI is InChI=1S/C20H17F3N2O/c1-11-18(12(2)25(3)24-11)13-8-9-15-14-6-4-5-7-16(14)19(26,17(15)10-13)20(21,22)23/h4-10,26H,1-3H3. The number of benzene rings is 2. The van der Waals surface area contributed by atoms with Crippen LogP contribution in [0.3, 0.4) is 0 Å². The molecule has 6 heteroatoms. The normalized spacial score (nSPS) is 18.7. The smallest absolute Gasteiger partial charge is 0.372 e. The van der Waals surface area contributed by atoms with Crippen LogP contribution in [-0.2, 0) is 12.6 Å². The summed E-state index contributed by atoms with van der Waals surface area (Å²) in [5, 5.41) is 15.1. The molecule has 4 rings (SSSR count). The number of fused-ring (bicyclic) bond motifs is 3. The van der Waals surface area contributed by atoms with Crippen LogP contribution in [0, 0.1) is 13.8 Å². The van der Waals surface area contributed by atoms with Crippen LogP contribution in [0.4, 0.5) is 13.2 Å². The molecular formula is C20H17F3N2O. The molecule has 3 aromatic rings. The molecule has 0 saturated carbocycles. The summed E-state index contributed by atoms with van der Waals surface area (Å²) in [5.41, 5.74) is 0.532. The van der Waals surface area contributed by atoms with Gasteiger partial charge in [0.15, 0.2) is 0 Å². The van der Waals surface area contributed by atoms with E-state index in [1.165, 1.54) is 18.2 Å². The molecule has 1 heterocycles. The van der Waals surface area contributed by atoms with Gasteiger partial charge in [-0.25, -0.2) is 0 Å². The molecule has 0 fully saturated rings. The van der Waals surface area contributed by atoms with Gasteiger partial charge in [0.1, 0.15) is 0 Å². The average molecular weight is 358 g/mol. The molecule has 0 saturated heterocycles. The zero-order chi connectivity index (χ0) is 18.9. The maximum atomic E-state index is 13.9. The summed E-state index contributed by atoms with van der Waals surface area (Å²) >= 11 is 0. The second-order valence-corrected chi connectivity index (χ2v) is 6.68. The Bertz CT molecular complexity index is 1040. The lowest BCUT2D eigenvalue weighted by Gasteiger charge is -2.28. The molecule has 1 aromatic heterocycles. The lowest BCUT2D eigenvalue weighted by atomic mass is 9.89. The number of hydrogen-bond acceptors (Lipinski definition) is 2. The molecule has 0 aliphatic heterocycles. The Morgan fingerprint density at radius 3 is 2.27 bits per heavy atom. The van der Waals surface area contributed by atoms with Gasteiger partial charge in [0.05, 0.1) is 5.69 Å². The quantitative estimate of drug-likeness (QED) is 0.696. The van der Waals surface area contributed by atoms with Crippen LogP contribution in [0.5, 0.6) is 0 Å². The highest BCUT2D eigenvalue weighted by molar-refractivity contribution is 5.84. The Labute approximate surface area is 148 Å². The molecule has 1 aliphatic rings. The number of aliphatic hydroxyl groups is 1. The van der Waals surface area contributed by atoms with Crippen LogP contribution in [0.1, 0.15) is 22.5 Å². The third kappa shape index (κ3) is 2.02. The van der Waals surface area contributed by atoms with Crippen LogP contribution < -0.4 is 0 Å². The second-order valence-electron chi connectivity index (χ2n) is 6.68. The largest absolute Gasteiger partial charge is 0.425 e. The van der Waals surface area contributed by atoms with Crippen molar-refractivity contribution < 1.29 is 18.3 Å². The first-order chi connectivity index (χ1) is 12.2. The van der Waals surface area contributed by atoms with Gasteiger partial charge in [0, 0.05) is 29.4 Å². The highest BCUT2D eigenvalue weighted by Crippen LogP contribution is 2.55. The summed E-state index contributed by atoms with van der Waals surface area (Å²) in [6.45, 7) is 3.69. The SMILES string of the molecule is Cc1nn(C)c(C)c1-c1ccc2c(c1)C(O)(C(F)(F)F)c1ccccc1-2. The topological polar surface area (TPSA) is 38.0 Å². The van der Waals surface area contributed by atoms with E-state index in [2.05, 4.69) is 5.10 Å². The minimum Gasteiger partial charge on any atom is -0.372 e. The van der Waals surface area contributed by atoms with Crippen molar-refractivity contribution in [3.8, 4) is 22.3 Å². The van der Waals surface area contributed by atoms with Gasteiger partial charge < -0.3 is 5.11 Å². The van der Waals surface area contributed by atoms with Gasteiger partial charge in [-0.1, -0.05) is 36.4 Å². The van der Waals surface area contributed by atoms with E-state index in [0.717, 1.165) is 17.0 Å².